The number of aryl methyl sites for hydroxylation is 1. The van der Waals surface area contributed by atoms with Crippen LogP contribution in [0.4, 0.5) is 5.82 Å². The van der Waals surface area contributed by atoms with E-state index in [0.717, 1.165) is 11.3 Å². The van der Waals surface area contributed by atoms with E-state index in [1.54, 1.807) is 15.6 Å². The van der Waals surface area contributed by atoms with Gasteiger partial charge >= 0.3 is 5.97 Å². The average Bonchev–Trinajstić information content (AvgIpc) is 3.24. The highest BCUT2D eigenvalue weighted by atomic mass is 16.5. The molecule has 1 amide bonds. The summed E-state index contributed by atoms with van der Waals surface area (Å²) in [4.78, 5) is 26.7. The van der Waals surface area contributed by atoms with E-state index >= 15 is 0 Å². The van der Waals surface area contributed by atoms with Crippen molar-refractivity contribution in [1.82, 2.24) is 24.9 Å². The number of hydrogen-bond acceptors (Lipinski definition) is 6. The molecule has 3 aromatic rings. The molecule has 0 aliphatic carbocycles. The van der Waals surface area contributed by atoms with E-state index in [-0.39, 0.29) is 17.4 Å². The third-order valence-corrected chi connectivity index (χ3v) is 4.77. The number of nitrogens with two attached hydrogens (primary N) is 1. The van der Waals surface area contributed by atoms with Gasteiger partial charge in [-0.2, -0.15) is 10.2 Å². The second-order valence-electron chi connectivity index (χ2n) is 6.54. The molecule has 0 unspecified atom stereocenters. The number of carbonyl (C=O) groups excluding carboxylic acids is 2. The zero-order valence-electron chi connectivity index (χ0n) is 15.4. The van der Waals surface area contributed by atoms with Crippen molar-refractivity contribution in [3.63, 3.8) is 0 Å². The van der Waals surface area contributed by atoms with Crippen LogP contribution in [0, 0.1) is 0 Å². The third kappa shape index (κ3) is 3.11. The smallest absolute Gasteiger partial charge is 0.358 e. The topological polar surface area (TPSA) is 119 Å². The van der Waals surface area contributed by atoms with E-state index < -0.39 is 5.97 Å². The van der Waals surface area contributed by atoms with Crippen LogP contribution < -0.4 is 5.73 Å². The van der Waals surface area contributed by atoms with Crippen LogP contribution in [0.3, 0.4) is 0 Å². The fourth-order valence-corrected chi connectivity index (χ4v) is 3.41. The van der Waals surface area contributed by atoms with Crippen LogP contribution in [0.5, 0.6) is 0 Å². The lowest BCUT2D eigenvalue weighted by atomic mass is 10.0. The first-order chi connectivity index (χ1) is 13.6. The highest BCUT2D eigenvalue weighted by Gasteiger charge is 2.27. The molecule has 3 heterocycles. The average molecular weight is 380 g/mol. The monoisotopic (exact) mass is 380 g/mol. The van der Waals surface area contributed by atoms with Gasteiger partial charge in [0.05, 0.1) is 24.9 Å². The number of ether oxygens (including phenoxy) is 1. The summed E-state index contributed by atoms with van der Waals surface area (Å²) in [6.45, 7) is 1.51. The lowest BCUT2D eigenvalue weighted by Crippen LogP contribution is -2.31. The normalized spacial score (nSPS) is 13.7. The lowest BCUT2D eigenvalue weighted by Gasteiger charge is -2.20. The first kappa shape index (κ1) is 17.8. The number of hydrogen-bond donors (Lipinski definition) is 2. The molecular formula is C19H20N6O3. The van der Waals surface area contributed by atoms with Crippen molar-refractivity contribution >= 4 is 17.7 Å². The molecular weight excluding hydrogens is 360 g/mol. The fourth-order valence-electron chi connectivity index (χ4n) is 3.41. The van der Waals surface area contributed by atoms with Crippen molar-refractivity contribution in [1.29, 1.82) is 0 Å². The minimum atomic E-state index is -0.494. The summed E-state index contributed by atoms with van der Waals surface area (Å²) in [6.07, 6.45) is 0.714. The quantitative estimate of drug-likeness (QED) is 0.668. The number of aromatic amines is 1. The lowest BCUT2D eigenvalue weighted by molar-refractivity contribution is 0.0593. The van der Waals surface area contributed by atoms with Crippen molar-refractivity contribution in [2.45, 2.75) is 19.5 Å². The Balaban J connectivity index is 1.64. The summed E-state index contributed by atoms with van der Waals surface area (Å²) in [5.74, 6) is -0.411. The summed E-state index contributed by atoms with van der Waals surface area (Å²) in [7, 11) is 1.32. The summed E-state index contributed by atoms with van der Waals surface area (Å²) in [6, 6.07) is 11.1. The number of nitrogen functional groups attached to an aromatic ring is 1. The predicted molar refractivity (Wildman–Crippen MR) is 101 cm³/mol. The summed E-state index contributed by atoms with van der Waals surface area (Å²) < 4.78 is 6.48. The van der Waals surface area contributed by atoms with Crippen LogP contribution >= 0.6 is 0 Å². The zero-order valence-corrected chi connectivity index (χ0v) is 15.4. The molecule has 1 aliphatic rings. The maximum Gasteiger partial charge on any atom is 0.358 e. The van der Waals surface area contributed by atoms with Crippen LogP contribution in [0.1, 0.15) is 33.1 Å². The van der Waals surface area contributed by atoms with E-state index in [1.165, 1.54) is 7.11 Å². The molecule has 0 fully saturated rings. The zero-order chi connectivity index (χ0) is 19.7. The highest BCUT2D eigenvalue weighted by molar-refractivity contribution is 6.01. The molecule has 0 atom stereocenters. The number of aromatic nitrogens is 4. The minimum absolute atomic E-state index is 0.197. The molecule has 3 N–H and O–H groups in total. The Morgan fingerprint density at radius 1 is 1.21 bits per heavy atom. The largest absolute Gasteiger partial charge is 0.464 e. The Hall–Kier alpha value is -3.62. The van der Waals surface area contributed by atoms with Gasteiger partial charge in [-0.1, -0.05) is 30.3 Å². The van der Waals surface area contributed by atoms with Gasteiger partial charge in [0.1, 0.15) is 5.69 Å². The van der Waals surface area contributed by atoms with Crippen molar-refractivity contribution in [3.8, 4) is 11.1 Å². The fraction of sp³-hybridized carbons (Fsp3) is 0.263. The molecule has 0 bridgehead atoms. The van der Waals surface area contributed by atoms with E-state index in [0.29, 0.717) is 37.3 Å². The first-order valence-corrected chi connectivity index (χ1v) is 8.92. The molecule has 28 heavy (non-hydrogen) atoms. The second kappa shape index (κ2) is 7.18. The number of rotatable bonds is 3. The number of anilines is 1. The maximum absolute atomic E-state index is 13.2. The summed E-state index contributed by atoms with van der Waals surface area (Å²) >= 11 is 0. The van der Waals surface area contributed by atoms with Gasteiger partial charge in [0.25, 0.3) is 5.91 Å². The molecule has 0 saturated carbocycles. The van der Waals surface area contributed by atoms with Crippen molar-refractivity contribution in [2.24, 2.45) is 0 Å². The van der Waals surface area contributed by atoms with E-state index in [1.807, 2.05) is 30.3 Å². The number of nitrogens with zero attached hydrogens (tertiary/aromatic N) is 4. The van der Waals surface area contributed by atoms with E-state index in [9.17, 15) is 9.59 Å². The Bertz CT molecular complexity index is 1020. The number of esters is 1. The maximum atomic E-state index is 13.2. The van der Waals surface area contributed by atoms with Crippen LogP contribution in [-0.2, 0) is 17.8 Å². The molecule has 9 heteroatoms. The number of amides is 1. The van der Waals surface area contributed by atoms with Crippen LogP contribution in [0.25, 0.3) is 11.1 Å². The van der Waals surface area contributed by atoms with Gasteiger partial charge in [0.15, 0.2) is 11.5 Å². The van der Waals surface area contributed by atoms with Gasteiger partial charge in [-0.25, -0.2) is 4.79 Å². The molecule has 144 valence electrons. The minimum Gasteiger partial charge on any atom is -0.464 e. The van der Waals surface area contributed by atoms with Crippen LogP contribution in [0.2, 0.25) is 0 Å². The van der Waals surface area contributed by atoms with E-state index in [4.69, 9.17) is 10.5 Å². The van der Waals surface area contributed by atoms with Crippen molar-refractivity contribution < 1.29 is 14.3 Å². The summed E-state index contributed by atoms with van der Waals surface area (Å²) in [5, 5.41) is 11.1. The van der Waals surface area contributed by atoms with Crippen molar-refractivity contribution in [3.05, 3.63) is 53.5 Å². The molecule has 1 aromatic carbocycles. The highest BCUT2D eigenvalue weighted by Crippen LogP contribution is 2.29. The molecule has 2 aromatic heterocycles. The standard InChI is InChI=1S/C19H20N6O3/c1-28-19(27)14-10-13-11-24(8-5-9-25(13)23-14)18(26)16-15(17(20)22-21-16)12-6-3-2-4-7-12/h2-4,6-7,10H,5,8-9,11H2,1H3,(H3,20,21,22). The molecule has 0 radical (unpaired) electrons. The number of carbonyl (C=O) groups is 2. The Morgan fingerprint density at radius 2 is 2.00 bits per heavy atom. The van der Waals surface area contributed by atoms with Gasteiger partial charge in [0.2, 0.25) is 0 Å². The number of methoxy groups -OCH3 is 1. The number of H-pyrrole nitrogens is 1. The van der Waals surface area contributed by atoms with Gasteiger partial charge in [-0.15, -0.1) is 0 Å². The number of benzene rings is 1. The number of fused-ring (bicyclic) bond motifs is 1. The first-order valence-electron chi connectivity index (χ1n) is 8.92. The Labute approximate surface area is 161 Å². The van der Waals surface area contributed by atoms with Crippen LogP contribution in [-0.4, -0.2) is 50.4 Å². The molecule has 0 spiro atoms. The predicted octanol–water partition coefficient (Wildman–Crippen LogP) is 1.69. The molecule has 4 rings (SSSR count). The van der Waals surface area contributed by atoms with Gasteiger partial charge in [0, 0.05) is 13.1 Å². The van der Waals surface area contributed by atoms with Gasteiger partial charge in [-0.3, -0.25) is 14.6 Å². The SMILES string of the molecule is COC(=O)c1cc2n(n1)CCCN(C(=O)c1[nH]nc(N)c1-c1ccccc1)C2. The van der Waals surface area contributed by atoms with Crippen LogP contribution in [0.15, 0.2) is 36.4 Å². The van der Waals surface area contributed by atoms with E-state index in [2.05, 4.69) is 15.3 Å². The molecule has 0 saturated heterocycles. The number of nitrogens with one attached hydrogen (secondary N) is 1. The molecule has 9 nitrogen and oxygen atoms in total. The Morgan fingerprint density at radius 3 is 2.75 bits per heavy atom. The second-order valence-corrected chi connectivity index (χ2v) is 6.54. The van der Waals surface area contributed by atoms with Gasteiger partial charge in [-0.05, 0) is 18.1 Å². The van der Waals surface area contributed by atoms with Gasteiger partial charge < -0.3 is 15.4 Å². The summed E-state index contributed by atoms with van der Waals surface area (Å²) in [5.41, 5.74) is 8.81. The third-order valence-electron chi connectivity index (χ3n) is 4.77. The van der Waals surface area contributed by atoms with Crippen molar-refractivity contribution in [2.75, 3.05) is 19.4 Å². The Kier molecular flexibility index (Phi) is 4.56. The molecule has 1 aliphatic heterocycles.